The first-order valence-corrected chi connectivity index (χ1v) is 9.18. The zero-order valence-electron chi connectivity index (χ0n) is 14.1. The Labute approximate surface area is 152 Å². The summed E-state index contributed by atoms with van der Waals surface area (Å²) in [7, 11) is 1.98. The molecule has 24 heavy (non-hydrogen) atoms. The number of unbranched alkanes of at least 4 members (excludes halogenated alkanes) is 3. The van der Waals surface area contributed by atoms with Crippen LogP contribution in [0.4, 0.5) is 0 Å². The second kappa shape index (κ2) is 10.3. The predicted molar refractivity (Wildman–Crippen MR) is 102 cm³/mol. The third-order valence-electron chi connectivity index (χ3n) is 3.81. The summed E-state index contributed by atoms with van der Waals surface area (Å²) < 4.78 is 6.70. The topological polar surface area (TPSA) is 38.3 Å². The van der Waals surface area contributed by atoms with Gasteiger partial charge < -0.3 is 10.1 Å². The molecule has 2 rings (SSSR count). The van der Waals surface area contributed by atoms with Gasteiger partial charge in [0.25, 0.3) is 0 Å². The molecule has 4 heteroatoms. The summed E-state index contributed by atoms with van der Waals surface area (Å²) in [6.07, 6.45) is 4.68. The van der Waals surface area contributed by atoms with Crippen molar-refractivity contribution >= 4 is 21.7 Å². The van der Waals surface area contributed by atoms with Crippen LogP contribution in [0.15, 0.2) is 53.0 Å². The summed E-state index contributed by atoms with van der Waals surface area (Å²) in [5.41, 5.74) is 1.37. The molecule has 3 nitrogen and oxygen atoms in total. The molecule has 0 aliphatic carbocycles. The molecule has 2 aromatic rings. The van der Waals surface area contributed by atoms with Crippen LogP contribution in [0, 0.1) is 0 Å². The standard InChI is InChI=1S/C20H24BrNO2/c1-22-14-4-2-3-5-15-24-19-12-8-17(9-13-19)20(23)16-6-10-18(21)11-7-16/h6-13,22H,2-5,14-15H2,1H3. The summed E-state index contributed by atoms with van der Waals surface area (Å²) >= 11 is 3.38. The van der Waals surface area contributed by atoms with Crippen LogP contribution in [0.25, 0.3) is 0 Å². The van der Waals surface area contributed by atoms with Gasteiger partial charge in [-0.3, -0.25) is 4.79 Å². The van der Waals surface area contributed by atoms with Gasteiger partial charge in [0.05, 0.1) is 6.61 Å². The van der Waals surface area contributed by atoms with Gasteiger partial charge in [-0.2, -0.15) is 0 Å². The molecular weight excluding hydrogens is 366 g/mol. The average Bonchev–Trinajstić information content (AvgIpc) is 2.61. The predicted octanol–water partition coefficient (Wildman–Crippen LogP) is 4.84. The van der Waals surface area contributed by atoms with E-state index in [-0.39, 0.29) is 5.78 Å². The van der Waals surface area contributed by atoms with Gasteiger partial charge in [0.15, 0.2) is 5.78 Å². The van der Waals surface area contributed by atoms with E-state index in [1.165, 1.54) is 19.3 Å². The average molecular weight is 390 g/mol. The number of hydrogen-bond acceptors (Lipinski definition) is 3. The molecule has 0 unspecified atom stereocenters. The lowest BCUT2D eigenvalue weighted by Gasteiger charge is -2.07. The van der Waals surface area contributed by atoms with Crippen molar-refractivity contribution in [3.05, 3.63) is 64.1 Å². The van der Waals surface area contributed by atoms with E-state index in [2.05, 4.69) is 21.2 Å². The molecule has 2 aromatic carbocycles. The number of hydrogen-bond donors (Lipinski definition) is 1. The van der Waals surface area contributed by atoms with E-state index < -0.39 is 0 Å². The van der Waals surface area contributed by atoms with Crippen LogP contribution in [-0.2, 0) is 0 Å². The molecular formula is C20H24BrNO2. The van der Waals surface area contributed by atoms with Gasteiger partial charge in [0.1, 0.15) is 5.75 Å². The fourth-order valence-corrected chi connectivity index (χ4v) is 2.68. The third kappa shape index (κ3) is 6.10. The van der Waals surface area contributed by atoms with Crippen molar-refractivity contribution in [1.29, 1.82) is 0 Å². The monoisotopic (exact) mass is 389 g/mol. The highest BCUT2D eigenvalue weighted by atomic mass is 79.9. The van der Waals surface area contributed by atoms with Gasteiger partial charge in [-0.25, -0.2) is 0 Å². The van der Waals surface area contributed by atoms with Crippen LogP contribution in [-0.4, -0.2) is 26.0 Å². The van der Waals surface area contributed by atoms with E-state index in [1.54, 1.807) is 0 Å². The lowest BCUT2D eigenvalue weighted by Crippen LogP contribution is -2.07. The minimum atomic E-state index is 0.0265. The molecule has 0 radical (unpaired) electrons. The number of carbonyl (C=O) groups is 1. The minimum Gasteiger partial charge on any atom is -0.494 e. The van der Waals surface area contributed by atoms with E-state index in [9.17, 15) is 4.79 Å². The van der Waals surface area contributed by atoms with Crippen LogP contribution >= 0.6 is 15.9 Å². The summed E-state index contributed by atoms with van der Waals surface area (Å²) in [5.74, 6) is 0.844. The highest BCUT2D eigenvalue weighted by Crippen LogP contribution is 2.17. The summed E-state index contributed by atoms with van der Waals surface area (Å²) in [5, 5.41) is 3.15. The number of benzene rings is 2. The molecule has 0 spiro atoms. The zero-order chi connectivity index (χ0) is 17.2. The Bertz CT molecular complexity index is 623. The molecule has 0 aromatic heterocycles. The first-order valence-electron chi connectivity index (χ1n) is 8.38. The second-order valence-corrected chi connectivity index (χ2v) is 6.64. The normalized spacial score (nSPS) is 10.6. The van der Waals surface area contributed by atoms with Gasteiger partial charge >= 0.3 is 0 Å². The van der Waals surface area contributed by atoms with Gasteiger partial charge in [-0.15, -0.1) is 0 Å². The van der Waals surface area contributed by atoms with Crippen LogP contribution in [0.3, 0.4) is 0 Å². The van der Waals surface area contributed by atoms with Gasteiger partial charge in [0.2, 0.25) is 0 Å². The number of carbonyl (C=O) groups excluding carboxylic acids is 1. The van der Waals surface area contributed by atoms with Crippen molar-refractivity contribution in [3.63, 3.8) is 0 Å². The Hall–Kier alpha value is -1.65. The Morgan fingerprint density at radius 2 is 1.50 bits per heavy atom. The number of nitrogens with one attached hydrogen (secondary N) is 1. The van der Waals surface area contributed by atoms with Gasteiger partial charge in [-0.1, -0.05) is 28.8 Å². The third-order valence-corrected chi connectivity index (χ3v) is 4.34. The minimum absolute atomic E-state index is 0.0265. The first kappa shape index (κ1) is 18.7. The molecule has 128 valence electrons. The molecule has 0 aliphatic rings. The van der Waals surface area contributed by atoms with Crippen LogP contribution in [0.2, 0.25) is 0 Å². The maximum atomic E-state index is 12.4. The molecule has 0 saturated carbocycles. The highest BCUT2D eigenvalue weighted by Gasteiger charge is 2.08. The zero-order valence-corrected chi connectivity index (χ0v) is 15.6. The van der Waals surface area contributed by atoms with Crippen molar-refractivity contribution in [2.45, 2.75) is 25.7 Å². The van der Waals surface area contributed by atoms with E-state index in [0.29, 0.717) is 11.1 Å². The smallest absolute Gasteiger partial charge is 0.193 e. The Kier molecular flexibility index (Phi) is 7.99. The number of ketones is 1. The fraction of sp³-hybridized carbons (Fsp3) is 0.350. The Balaban J connectivity index is 1.78. The highest BCUT2D eigenvalue weighted by molar-refractivity contribution is 9.10. The summed E-state index contributed by atoms with van der Waals surface area (Å²) in [4.78, 5) is 12.4. The van der Waals surface area contributed by atoms with E-state index in [4.69, 9.17) is 4.74 Å². The number of ether oxygens (including phenoxy) is 1. The van der Waals surface area contributed by atoms with Crippen LogP contribution < -0.4 is 10.1 Å². The Morgan fingerprint density at radius 3 is 2.12 bits per heavy atom. The maximum absolute atomic E-state index is 12.4. The molecule has 0 atom stereocenters. The quantitative estimate of drug-likeness (QED) is 0.466. The second-order valence-electron chi connectivity index (χ2n) is 5.73. The summed E-state index contributed by atoms with van der Waals surface area (Å²) in [6.45, 7) is 1.80. The van der Waals surface area contributed by atoms with E-state index in [1.807, 2.05) is 55.6 Å². The molecule has 0 fully saturated rings. The van der Waals surface area contributed by atoms with Crippen molar-refractivity contribution in [1.82, 2.24) is 5.32 Å². The fourth-order valence-electron chi connectivity index (χ4n) is 2.42. The molecule has 0 aliphatic heterocycles. The van der Waals surface area contributed by atoms with Crippen molar-refractivity contribution in [2.75, 3.05) is 20.2 Å². The molecule has 0 amide bonds. The van der Waals surface area contributed by atoms with E-state index in [0.717, 1.165) is 29.8 Å². The summed E-state index contributed by atoms with van der Waals surface area (Å²) in [6, 6.07) is 14.8. The SMILES string of the molecule is CNCCCCCCOc1ccc(C(=O)c2ccc(Br)cc2)cc1. The van der Waals surface area contributed by atoms with Gasteiger partial charge in [-0.05, 0) is 75.0 Å². The van der Waals surface area contributed by atoms with Gasteiger partial charge in [0, 0.05) is 15.6 Å². The van der Waals surface area contributed by atoms with Crippen LogP contribution in [0.1, 0.15) is 41.6 Å². The maximum Gasteiger partial charge on any atom is 0.193 e. The largest absolute Gasteiger partial charge is 0.494 e. The molecule has 0 saturated heterocycles. The van der Waals surface area contributed by atoms with Crippen molar-refractivity contribution < 1.29 is 9.53 Å². The number of halogens is 1. The Morgan fingerprint density at radius 1 is 0.917 bits per heavy atom. The van der Waals surface area contributed by atoms with Crippen molar-refractivity contribution in [3.8, 4) is 5.75 Å². The lowest BCUT2D eigenvalue weighted by atomic mass is 10.0. The van der Waals surface area contributed by atoms with Crippen LogP contribution in [0.5, 0.6) is 5.75 Å². The molecule has 0 bridgehead atoms. The molecule has 1 N–H and O–H groups in total. The number of rotatable bonds is 10. The van der Waals surface area contributed by atoms with E-state index >= 15 is 0 Å². The lowest BCUT2D eigenvalue weighted by molar-refractivity contribution is 0.103. The van der Waals surface area contributed by atoms with Crippen molar-refractivity contribution in [2.24, 2.45) is 0 Å². The first-order chi connectivity index (χ1) is 11.7. The molecule has 0 heterocycles.